The SMILES string of the molecule is CN(CC(=O)NC(C)(C)C)S(=O)(=O)c1ccc(F)c(N)c1. The predicted molar refractivity (Wildman–Crippen MR) is 78.5 cm³/mol. The minimum absolute atomic E-state index is 0.160. The first-order valence-corrected chi connectivity index (χ1v) is 7.70. The average Bonchev–Trinajstić information content (AvgIpc) is 2.29. The van der Waals surface area contributed by atoms with E-state index in [-0.39, 0.29) is 17.1 Å². The number of amides is 1. The summed E-state index contributed by atoms with van der Waals surface area (Å²) >= 11 is 0. The van der Waals surface area contributed by atoms with Crippen LogP contribution in [0.5, 0.6) is 0 Å². The summed E-state index contributed by atoms with van der Waals surface area (Å²) in [7, 11) is -2.63. The lowest BCUT2D eigenvalue weighted by Crippen LogP contribution is -2.46. The first-order valence-electron chi connectivity index (χ1n) is 6.26. The second kappa shape index (κ2) is 5.98. The van der Waals surface area contributed by atoms with Crippen LogP contribution in [0.1, 0.15) is 20.8 Å². The number of nitrogens with zero attached hydrogens (tertiary/aromatic N) is 1. The molecule has 0 aromatic heterocycles. The quantitative estimate of drug-likeness (QED) is 0.809. The Kier molecular flexibility index (Phi) is 4.95. The lowest BCUT2D eigenvalue weighted by molar-refractivity contribution is -0.122. The largest absolute Gasteiger partial charge is 0.396 e. The summed E-state index contributed by atoms with van der Waals surface area (Å²) in [4.78, 5) is 11.6. The summed E-state index contributed by atoms with van der Waals surface area (Å²) in [5, 5.41) is 2.66. The van der Waals surface area contributed by atoms with Crippen molar-refractivity contribution in [2.75, 3.05) is 19.3 Å². The van der Waals surface area contributed by atoms with Crippen molar-refractivity contribution in [1.29, 1.82) is 0 Å². The molecule has 0 aliphatic rings. The van der Waals surface area contributed by atoms with Crippen molar-refractivity contribution in [3.05, 3.63) is 24.0 Å². The summed E-state index contributed by atoms with van der Waals surface area (Å²) in [6.45, 7) is 5.04. The molecule has 3 N–H and O–H groups in total. The zero-order valence-corrected chi connectivity index (χ0v) is 13.3. The summed E-state index contributed by atoms with van der Waals surface area (Å²) in [5.74, 6) is -1.12. The van der Waals surface area contributed by atoms with Gasteiger partial charge in [0.2, 0.25) is 15.9 Å². The van der Waals surface area contributed by atoms with E-state index in [1.807, 2.05) is 0 Å². The molecule has 0 aliphatic carbocycles. The van der Waals surface area contributed by atoms with Crippen molar-refractivity contribution < 1.29 is 17.6 Å². The first kappa shape index (κ1) is 17.4. The van der Waals surface area contributed by atoms with E-state index in [1.54, 1.807) is 20.8 Å². The molecule has 0 bridgehead atoms. The number of nitrogens with two attached hydrogens (primary N) is 1. The van der Waals surface area contributed by atoms with Gasteiger partial charge in [-0.15, -0.1) is 0 Å². The van der Waals surface area contributed by atoms with Crippen molar-refractivity contribution in [3.63, 3.8) is 0 Å². The number of carbonyl (C=O) groups is 1. The molecule has 0 atom stereocenters. The summed E-state index contributed by atoms with van der Waals surface area (Å²) < 4.78 is 38.5. The highest BCUT2D eigenvalue weighted by Crippen LogP contribution is 2.19. The Morgan fingerprint density at radius 1 is 1.38 bits per heavy atom. The number of hydrogen-bond donors (Lipinski definition) is 2. The molecular weight excluding hydrogens is 297 g/mol. The highest BCUT2D eigenvalue weighted by molar-refractivity contribution is 7.89. The third-order valence-electron chi connectivity index (χ3n) is 2.56. The molecule has 6 nitrogen and oxygen atoms in total. The van der Waals surface area contributed by atoms with E-state index < -0.39 is 27.3 Å². The molecule has 1 amide bonds. The third kappa shape index (κ3) is 4.68. The van der Waals surface area contributed by atoms with Gasteiger partial charge in [0.25, 0.3) is 0 Å². The number of hydrogen-bond acceptors (Lipinski definition) is 4. The van der Waals surface area contributed by atoms with Gasteiger partial charge in [-0.05, 0) is 39.0 Å². The van der Waals surface area contributed by atoms with Crippen molar-refractivity contribution >= 4 is 21.6 Å². The van der Waals surface area contributed by atoms with Crippen LogP contribution in [-0.4, -0.2) is 37.8 Å². The molecule has 21 heavy (non-hydrogen) atoms. The average molecular weight is 317 g/mol. The number of sulfonamides is 1. The Hall–Kier alpha value is -1.67. The second-order valence-corrected chi connectivity index (χ2v) is 7.79. The number of rotatable bonds is 4. The lowest BCUT2D eigenvalue weighted by atomic mass is 10.1. The molecule has 0 saturated heterocycles. The fourth-order valence-electron chi connectivity index (χ4n) is 1.61. The van der Waals surface area contributed by atoms with Crippen LogP contribution in [0.15, 0.2) is 23.1 Å². The fourth-order valence-corrected chi connectivity index (χ4v) is 2.77. The molecule has 8 heteroatoms. The topological polar surface area (TPSA) is 92.5 Å². The monoisotopic (exact) mass is 317 g/mol. The van der Waals surface area contributed by atoms with Gasteiger partial charge in [0.1, 0.15) is 5.82 Å². The van der Waals surface area contributed by atoms with Crippen LogP contribution in [0.25, 0.3) is 0 Å². The van der Waals surface area contributed by atoms with Gasteiger partial charge in [-0.2, -0.15) is 4.31 Å². The number of likely N-dealkylation sites (N-methyl/N-ethyl adjacent to an activating group) is 1. The van der Waals surface area contributed by atoms with Crippen molar-refractivity contribution in [2.45, 2.75) is 31.2 Å². The molecule has 0 unspecified atom stereocenters. The van der Waals surface area contributed by atoms with Crippen molar-refractivity contribution in [2.24, 2.45) is 0 Å². The van der Waals surface area contributed by atoms with Crippen LogP contribution >= 0.6 is 0 Å². The predicted octanol–water partition coefficient (Wildman–Crippen LogP) is 0.943. The van der Waals surface area contributed by atoms with Gasteiger partial charge < -0.3 is 11.1 Å². The van der Waals surface area contributed by atoms with E-state index in [9.17, 15) is 17.6 Å². The van der Waals surface area contributed by atoms with Gasteiger partial charge in [0, 0.05) is 12.6 Å². The van der Waals surface area contributed by atoms with Gasteiger partial charge in [0.15, 0.2) is 0 Å². The number of nitrogens with one attached hydrogen (secondary N) is 1. The molecule has 0 heterocycles. The van der Waals surface area contributed by atoms with Crippen molar-refractivity contribution in [3.8, 4) is 0 Å². The number of carbonyl (C=O) groups excluding carboxylic acids is 1. The minimum Gasteiger partial charge on any atom is -0.396 e. The molecule has 1 aromatic rings. The van der Waals surface area contributed by atoms with Crippen LogP contribution in [-0.2, 0) is 14.8 Å². The van der Waals surface area contributed by atoms with Crippen LogP contribution in [0, 0.1) is 5.82 Å². The molecular formula is C13H20FN3O3S. The van der Waals surface area contributed by atoms with E-state index in [1.165, 1.54) is 7.05 Å². The highest BCUT2D eigenvalue weighted by Gasteiger charge is 2.25. The zero-order chi connectivity index (χ0) is 16.4. The maximum absolute atomic E-state index is 13.1. The smallest absolute Gasteiger partial charge is 0.243 e. The van der Waals surface area contributed by atoms with E-state index >= 15 is 0 Å². The molecule has 0 spiro atoms. The molecule has 0 radical (unpaired) electrons. The Morgan fingerprint density at radius 2 is 1.95 bits per heavy atom. The number of halogens is 1. The minimum atomic E-state index is -3.90. The number of benzene rings is 1. The maximum Gasteiger partial charge on any atom is 0.243 e. The Morgan fingerprint density at radius 3 is 2.43 bits per heavy atom. The second-order valence-electron chi connectivity index (χ2n) is 5.74. The molecule has 1 aromatic carbocycles. The van der Waals surface area contributed by atoms with Gasteiger partial charge in [-0.3, -0.25) is 4.79 Å². The Labute approximate surface area is 124 Å². The standard InChI is InChI=1S/C13H20FN3O3S/c1-13(2,3)16-12(18)8-17(4)21(19,20)9-5-6-10(14)11(15)7-9/h5-7H,8,15H2,1-4H3,(H,16,18). The van der Waals surface area contributed by atoms with Crippen LogP contribution < -0.4 is 11.1 Å². The first-order chi connectivity index (χ1) is 9.43. The Bertz CT molecular complexity index is 639. The van der Waals surface area contributed by atoms with E-state index in [2.05, 4.69) is 5.32 Å². The normalized spacial score (nSPS) is 12.5. The summed E-state index contributed by atoms with van der Waals surface area (Å²) in [6.07, 6.45) is 0. The van der Waals surface area contributed by atoms with E-state index in [0.717, 1.165) is 22.5 Å². The fraction of sp³-hybridized carbons (Fsp3) is 0.462. The van der Waals surface area contributed by atoms with E-state index in [0.29, 0.717) is 0 Å². The van der Waals surface area contributed by atoms with E-state index in [4.69, 9.17) is 5.73 Å². The van der Waals surface area contributed by atoms with Gasteiger partial charge in [-0.25, -0.2) is 12.8 Å². The summed E-state index contributed by atoms with van der Waals surface area (Å²) in [5.41, 5.74) is 4.65. The van der Waals surface area contributed by atoms with Gasteiger partial charge in [0.05, 0.1) is 17.1 Å². The van der Waals surface area contributed by atoms with Crippen molar-refractivity contribution in [1.82, 2.24) is 9.62 Å². The summed E-state index contributed by atoms with van der Waals surface area (Å²) in [6, 6.07) is 3.12. The Balaban J connectivity index is 2.92. The van der Waals surface area contributed by atoms with Crippen LogP contribution in [0.3, 0.4) is 0 Å². The zero-order valence-electron chi connectivity index (χ0n) is 12.5. The number of anilines is 1. The molecule has 118 valence electrons. The molecule has 0 fully saturated rings. The van der Waals surface area contributed by atoms with Gasteiger partial charge >= 0.3 is 0 Å². The highest BCUT2D eigenvalue weighted by atomic mass is 32.2. The molecule has 0 aliphatic heterocycles. The van der Waals surface area contributed by atoms with Crippen LogP contribution in [0.4, 0.5) is 10.1 Å². The van der Waals surface area contributed by atoms with Gasteiger partial charge in [-0.1, -0.05) is 0 Å². The number of nitrogen functional groups attached to an aromatic ring is 1. The molecule has 0 saturated carbocycles. The lowest BCUT2D eigenvalue weighted by Gasteiger charge is -2.23. The maximum atomic E-state index is 13.1. The molecule has 1 rings (SSSR count). The van der Waals surface area contributed by atoms with Crippen LogP contribution in [0.2, 0.25) is 0 Å². The third-order valence-corrected chi connectivity index (χ3v) is 4.36.